The van der Waals surface area contributed by atoms with E-state index in [1.54, 1.807) is 17.2 Å². The van der Waals surface area contributed by atoms with Gasteiger partial charge in [-0.3, -0.25) is 9.59 Å². The standard InChI is InChI=1S/C17H18N2O3S/c1-11(17(21)22)9-19(13-7-8-13)16(20)14-10-23-15(18-14)12-5-3-2-4-6-12/h2-6,10-11,13H,7-9H2,1H3,(H,21,22). The van der Waals surface area contributed by atoms with E-state index in [-0.39, 0.29) is 18.5 Å². The summed E-state index contributed by atoms with van der Waals surface area (Å²) in [4.78, 5) is 29.9. The first-order valence-corrected chi connectivity index (χ1v) is 8.49. The van der Waals surface area contributed by atoms with Gasteiger partial charge in [0, 0.05) is 23.5 Å². The van der Waals surface area contributed by atoms with E-state index in [1.807, 2.05) is 30.3 Å². The first kappa shape index (κ1) is 15.7. The van der Waals surface area contributed by atoms with E-state index in [1.165, 1.54) is 11.3 Å². The van der Waals surface area contributed by atoms with E-state index in [2.05, 4.69) is 4.98 Å². The van der Waals surface area contributed by atoms with Crippen molar-refractivity contribution in [3.05, 3.63) is 41.4 Å². The number of aromatic nitrogens is 1. The van der Waals surface area contributed by atoms with Crippen LogP contribution < -0.4 is 0 Å². The van der Waals surface area contributed by atoms with Gasteiger partial charge in [-0.15, -0.1) is 11.3 Å². The molecule has 0 saturated heterocycles. The molecule has 0 spiro atoms. The van der Waals surface area contributed by atoms with Gasteiger partial charge in [0.15, 0.2) is 0 Å². The van der Waals surface area contributed by atoms with Crippen molar-refractivity contribution in [1.82, 2.24) is 9.88 Å². The Labute approximate surface area is 138 Å². The van der Waals surface area contributed by atoms with Gasteiger partial charge in [0.2, 0.25) is 0 Å². The molecule has 1 fully saturated rings. The molecule has 2 aromatic rings. The Morgan fingerprint density at radius 2 is 2.04 bits per heavy atom. The van der Waals surface area contributed by atoms with Crippen molar-refractivity contribution in [2.24, 2.45) is 5.92 Å². The van der Waals surface area contributed by atoms with Crippen molar-refractivity contribution < 1.29 is 14.7 Å². The molecule has 1 atom stereocenters. The third-order valence-corrected chi connectivity index (χ3v) is 4.78. The minimum Gasteiger partial charge on any atom is -0.481 e. The zero-order valence-electron chi connectivity index (χ0n) is 12.8. The van der Waals surface area contributed by atoms with Crippen molar-refractivity contribution >= 4 is 23.2 Å². The molecule has 1 unspecified atom stereocenters. The number of carboxylic acid groups (broad SMARTS) is 1. The molecule has 1 amide bonds. The quantitative estimate of drug-likeness (QED) is 0.883. The van der Waals surface area contributed by atoms with Gasteiger partial charge >= 0.3 is 5.97 Å². The smallest absolute Gasteiger partial charge is 0.308 e. The summed E-state index contributed by atoms with van der Waals surface area (Å²) in [5.41, 5.74) is 1.38. The zero-order chi connectivity index (χ0) is 16.4. The largest absolute Gasteiger partial charge is 0.481 e. The molecule has 0 radical (unpaired) electrons. The van der Waals surface area contributed by atoms with Gasteiger partial charge in [0.1, 0.15) is 10.7 Å². The monoisotopic (exact) mass is 330 g/mol. The van der Waals surface area contributed by atoms with Crippen LogP contribution in [0.5, 0.6) is 0 Å². The summed E-state index contributed by atoms with van der Waals surface area (Å²) in [6.07, 6.45) is 1.88. The van der Waals surface area contributed by atoms with Crippen molar-refractivity contribution in [2.75, 3.05) is 6.54 Å². The third-order valence-electron chi connectivity index (χ3n) is 3.88. The second-order valence-corrected chi connectivity index (χ2v) is 6.69. The lowest BCUT2D eigenvalue weighted by atomic mass is 10.1. The maximum absolute atomic E-state index is 12.7. The fourth-order valence-corrected chi connectivity index (χ4v) is 3.19. The van der Waals surface area contributed by atoms with E-state index < -0.39 is 11.9 Å². The van der Waals surface area contributed by atoms with Crippen LogP contribution in [0.2, 0.25) is 0 Å². The molecule has 1 aliphatic carbocycles. The Morgan fingerprint density at radius 3 is 2.65 bits per heavy atom. The predicted molar refractivity (Wildman–Crippen MR) is 88.4 cm³/mol. The Bertz CT molecular complexity index is 710. The second-order valence-electron chi connectivity index (χ2n) is 5.83. The van der Waals surface area contributed by atoms with Crippen LogP contribution in [0.3, 0.4) is 0 Å². The molecule has 1 heterocycles. The molecule has 0 bridgehead atoms. The Morgan fingerprint density at radius 1 is 1.35 bits per heavy atom. The van der Waals surface area contributed by atoms with Crippen LogP contribution in [0.4, 0.5) is 0 Å². The summed E-state index contributed by atoms with van der Waals surface area (Å²) in [6, 6.07) is 9.88. The summed E-state index contributed by atoms with van der Waals surface area (Å²) >= 11 is 1.43. The molecular formula is C17H18N2O3S. The summed E-state index contributed by atoms with van der Waals surface area (Å²) in [6.45, 7) is 1.86. The van der Waals surface area contributed by atoms with Crippen LogP contribution in [0, 0.1) is 5.92 Å². The summed E-state index contributed by atoms with van der Waals surface area (Å²) in [5, 5.41) is 11.6. The molecule has 1 aliphatic rings. The number of thiazole rings is 1. The average molecular weight is 330 g/mol. The van der Waals surface area contributed by atoms with Gasteiger partial charge in [-0.05, 0) is 12.8 Å². The van der Waals surface area contributed by atoms with Gasteiger partial charge in [-0.25, -0.2) is 4.98 Å². The topological polar surface area (TPSA) is 70.5 Å². The molecular weight excluding hydrogens is 312 g/mol. The van der Waals surface area contributed by atoms with Crippen LogP contribution in [0.1, 0.15) is 30.3 Å². The van der Waals surface area contributed by atoms with E-state index in [4.69, 9.17) is 5.11 Å². The van der Waals surface area contributed by atoms with E-state index in [0.717, 1.165) is 23.4 Å². The fourth-order valence-electron chi connectivity index (χ4n) is 2.39. The lowest BCUT2D eigenvalue weighted by Gasteiger charge is -2.23. The van der Waals surface area contributed by atoms with Gasteiger partial charge in [0.05, 0.1) is 5.92 Å². The normalized spacial score (nSPS) is 15.2. The van der Waals surface area contributed by atoms with Crippen molar-refractivity contribution in [2.45, 2.75) is 25.8 Å². The molecule has 6 heteroatoms. The number of rotatable bonds is 6. The van der Waals surface area contributed by atoms with Crippen molar-refractivity contribution in [3.8, 4) is 10.6 Å². The maximum Gasteiger partial charge on any atom is 0.308 e. The lowest BCUT2D eigenvalue weighted by molar-refractivity contribution is -0.141. The SMILES string of the molecule is CC(CN(C(=O)c1csc(-c2ccccc2)n1)C1CC1)C(=O)O. The highest BCUT2D eigenvalue weighted by Crippen LogP contribution is 2.30. The predicted octanol–water partition coefficient (Wildman–Crippen LogP) is 3.14. The van der Waals surface area contributed by atoms with Crippen LogP contribution in [0.15, 0.2) is 35.7 Å². The lowest BCUT2D eigenvalue weighted by Crippen LogP contribution is -2.38. The molecule has 5 nitrogen and oxygen atoms in total. The molecule has 23 heavy (non-hydrogen) atoms. The first-order valence-electron chi connectivity index (χ1n) is 7.61. The Kier molecular flexibility index (Phi) is 4.43. The number of amides is 1. The number of carbonyl (C=O) groups excluding carboxylic acids is 1. The highest BCUT2D eigenvalue weighted by Gasteiger charge is 2.35. The van der Waals surface area contributed by atoms with Crippen LogP contribution in [-0.4, -0.2) is 39.5 Å². The summed E-state index contributed by atoms with van der Waals surface area (Å²) in [5.74, 6) is -1.63. The number of carboxylic acids is 1. The van der Waals surface area contributed by atoms with Crippen molar-refractivity contribution in [1.29, 1.82) is 0 Å². The first-order chi connectivity index (χ1) is 11.1. The van der Waals surface area contributed by atoms with Crippen LogP contribution in [-0.2, 0) is 4.79 Å². The number of carbonyl (C=O) groups is 2. The van der Waals surface area contributed by atoms with E-state index in [9.17, 15) is 9.59 Å². The number of benzene rings is 1. The van der Waals surface area contributed by atoms with Gasteiger partial charge < -0.3 is 10.0 Å². The number of aliphatic carboxylic acids is 1. The fraction of sp³-hybridized carbons (Fsp3) is 0.353. The zero-order valence-corrected chi connectivity index (χ0v) is 13.6. The molecule has 120 valence electrons. The second kappa shape index (κ2) is 6.50. The molecule has 1 aromatic heterocycles. The van der Waals surface area contributed by atoms with Crippen LogP contribution in [0.25, 0.3) is 10.6 Å². The van der Waals surface area contributed by atoms with E-state index in [0.29, 0.717) is 5.69 Å². The molecule has 1 aromatic carbocycles. The number of hydrogen-bond donors (Lipinski definition) is 1. The molecule has 0 aliphatic heterocycles. The van der Waals surface area contributed by atoms with Crippen LogP contribution >= 0.6 is 11.3 Å². The summed E-state index contributed by atoms with van der Waals surface area (Å²) < 4.78 is 0. The Balaban J connectivity index is 1.78. The minimum absolute atomic E-state index is 0.158. The van der Waals surface area contributed by atoms with E-state index >= 15 is 0 Å². The number of hydrogen-bond acceptors (Lipinski definition) is 4. The molecule has 1 saturated carbocycles. The highest BCUT2D eigenvalue weighted by atomic mass is 32.1. The van der Waals surface area contributed by atoms with Gasteiger partial charge in [0.25, 0.3) is 5.91 Å². The van der Waals surface area contributed by atoms with Gasteiger partial charge in [-0.1, -0.05) is 37.3 Å². The summed E-state index contributed by atoms with van der Waals surface area (Å²) in [7, 11) is 0. The Hall–Kier alpha value is -2.21. The number of nitrogens with zero attached hydrogens (tertiary/aromatic N) is 2. The van der Waals surface area contributed by atoms with Crippen molar-refractivity contribution in [3.63, 3.8) is 0 Å². The van der Waals surface area contributed by atoms with Gasteiger partial charge in [-0.2, -0.15) is 0 Å². The molecule has 1 N–H and O–H groups in total. The highest BCUT2D eigenvalue weighted by molar-refractivity contribution is 7.13. The average Bonchev–Trinajstić information content (AvgIpc) is 3.28. The third kappa shape index (κ3) is 3.59. The molecule has 3 rings (SSSR count). The maximum atomic E-state index is 12.7. The minimum atomic E-state index is -0.883.